The predicted molar refractivity (Wildman–Crippen MR) is 75.1 cm³/mol. The molecular formula is C15H21NO3. The Morgan fingerprint density at radius 2 is 2.11 bits per heavy atom. The van der Waals surface area contributed by atoms with Gasteiger partial charge in [0.1, 0.15) is 19.0 Å². The third kappa shape index (κ3) is 6.25. The molecular weight excluding hydrogens is 242 g/mol. The maximum absolute atomic E-state index is 8.88. The number of likely N-dealkylation sites (N-methyl/N-ethyl adjacent to an activating group) is 1. The van der Waals surface area contributed by atoms with Crippen LogP contribution in [0.3, 0.4) is 0 Å². The van der Waals surface area contributed by atoms with Gasteiger partial charge in [0.25, 0.3) is 0 Å². The number of hydrogen-bond donors (Lipinski definition) is 2. The van der Waals surface area contributed by atoms with E-state index in [1.165, 1.54) is 0 Å². The van der Waals surface area contributed by atoms with Crippen LogP contribution < -0.4 is 4.74 Å². The van der Waals surface area contributed by atoms with Crippen LogP contribution in [0.15, 0.2) is 24.3 Å². The lowest BCUT2D eigenvalue weighted by Gasteiger charge is -2.19. The molecule has 0 aromatic heterocycles. The summed E-state index contributed by atoms with van der Waals surface area (Å²) in [6.45, 7) is 5.00. The van der Waals surface area contributed by atoms with Crippen molar-refractivity contribution in [1.29, 1.82) is 0 Å². The van der Waals surface area contributed by atoms with E-state index >= 15 is 0 Å². The zero-order chi connectivity index (χ0) is 13.9. The molecule has 0 aliphatic rings. The van der Waals surface area contributed by atoms with Crippen molar-refractivity contribution < 1.29 is 14.9 Å². The van der Waals surface area contributed by atoms with Gasteiger partial charge in [-0.05, 0) is 24.7 Å². The minimum Gasteiger partial charge on any atom is -0.492 e. The second-order valence-corrected chi connectivity index (χ2v) is 3.99. The van der Waals surface area contributed by atoms with E-state index < -0.39 is 0 Å². The second-order valence-electron chi connectivity index (χ2n) is 3.99. The molecule has 4 nitrogen and oxygen atoms in total. The number of aliphatic hydroxyl groups is 2. The summed E-state index contributed by atoms with van der Waals surface area (Å²) >= 11 is 0. The summed E-state index contributed by atoms with van der Waals surface area (Å²) in [6, 6.07) is 7.49. The first-order chi connectivity index (χ1) is 9.30. The summed E-state index contributed by atoms with van der Waals surface area (Å²) in [5.74, 6) is 6.22. The Kier molecular flexibility index (Phi) is 7.68. The summed E-state index contributed by atoms with van der Waals surface area (Å²) in [4.78, 5) is 2.12. The lowest BCUT2D eigenvalue weighted by atomic mass is 10.2. The van der Waals surface area contributed by atoms with E-state index in [9.17, 15) is 0 Å². The molecule has 19 heavy (non-hydrogen) atoms. The number of ether oxygens (including phenoxy) is 1. The molecule has 1 aromatic carbocycles. The fourth-order valence-electron chi connectivity index (χ4n) is 1.67. The van der Waals surface area contributed by atoms with Gasteiger partial charge < -0.3 is 14.9 Å². The van der Waals surface area contributed by atoms with E-state index in [-0.39, 0.29) is 13.2 Å². The van der Waals surface area contributed by atoms with Crippen LogP contribution in [0.25, 0.3) is 0 Å². The van der Waals surface area contributed by atoms with Crippen molar-refractivity contribution in [3.8, 4) is 17.6 Å². The van der Waals surface area contributed by atoms with Gasteiger partial charge in [-0.25, -0.2) is 0 Å². The molecule has 1 aromatic rings. The summed E-state index contributed by atoms with van der Waals surface area (Å²) in [5.41, 5.74) is 0.828. The highest BCUT2D eigenvalue weighted by Gasteiger charge is 2.01. The van der Waals surface area contributed by atoms with Gasteiger partial charge >= 0.3 is 0 Å². The van der Waals surface area contributed by atoms with Crippen molar-refractivity contribution in [1.82, 2.24) is 4.90 Å². The molecule has 2 N–H and O–H groups in total. The van der Waals surface area contributed by atoms with Gasteiger partial charge in [0, 0.05) is 18.7 Å². The van der Waals surface area contributed by atoms with Crippen molar-refractivity contribution in [2.24, 2.45) is 0 Å². The average Bonchev–Trinajstić information content (AvgIpc) is 2.44. The highest BCUT2D eigenvalue weighted by molar-refractivity contribution is 5.39. The van der Waals surface area contributed by atoms with Crippen LogP contribution in [0.4, 0.5) is 0 Å². The van der Waals surface area contributed by atoms with E-state index in [2.05, 4.69) is 23.7 Å². The number of benzene rings is 1. The molecule has 0 bridgehead atoms. The van der Waals surface area contributed by atoms with Gasteiger partial charge in [0.05, 0.1) is 6.61 Å². The predicted octanol–water partition coefficient (Wildman–Crippen LogP) is 0.723. The Morgan fingerprint density at radius 1 is 1.26 bits per heavy atom. The number of rotatable bonds is 7. The van der Waals surface area contributed by atoms with E-state index in [0.717, 1.165) is 24.4 Å². The van der Waals surface area contributed by atoms with Gasteiger partial charge in [-0.1, -0.05) is 24.8 Å². The van der Waals surface area contributed by atoms with E-state index in [0.29, 0.717) is 13.2 Å². The SMILES string of the molecule is CCN(CCO)CCOc1cccc(C#CCO)c1. The highest BCUT2D eigenvalue weighted by atomic mass is 16.5. The Hall–Kier alpha value is -1.54. The van der Waals surface area contributed by atoms with Crippen molar-refractivity contribution in [3.63, 3.8) is 0 Å². The maximum Gasteiger partial charge on any atom is 0.120 e. The molecule has 0 aliphatic heterocycles. The minimum atomic E-state index is -0.141. The quantitative estimate of drug-likeness (QED) is 0.712. The summed E-state index contributed by atoms with van der Waals surface area (Å²) in [6.07, 6.45) is 0. The number of aliphatic hydroxyl groups excluding tert-OH is 2. The number of nitrogens with zero attached hydrogens (tertiary/aromatic N) is 1. The van der Waals surface area contributed by atoms with Crippen LogP contribution in [-0.2, 0) is 0 Å². The van der Waals surface area contributed by atoms with Crippen LogP contribution >= 0.6 is 0 Å². The van der Waals surface area contributed by atoms with Crippen molar-refractivity contribution in [2.75, 3.05) is 39.5 Å². The van der Waals surface area contributed by atoms with E-state index in [1.807, 2.05) is 24.3 Å². The molecule has 1 rings (SSSR count). The molecule has 0 fully saturated rings. The zero-order valence-corrected chi connectivity index (χ0v) is 11.3. The van der Waals surface area contributed by atoms with Gasteiger partial charge in [0.2, 0.25) is 0 Å². The molecule has 0 aliphatic carbocycles. The molecule has 0 atom stereocenters. The van der Waals surface area contributed by atoms with Crippen LogP contribution in [0.2, 0.25) is 0 Å². The molecule has 0 unspecified atom stereocenters. The minimum absolute atomic E-state index is 0.141. The lowest BCUT2D eigenvalue weighted by Crippen LogP contribution is -2.30. The normalized spacial score (nSPS) is 10.1. The highest BCUT2D eigenvalue weighted by Crippen LogP contribution is 2.12. The van der Waals surface area contributed by atoms with Crippen LogP contribution in [-0.4, -0.2) is 54.6 Å². The van der Waals surface area contributed by atoms with Gasteiger partial charge in [-0.15, -0.1) is 0 Å². The van der Waals surface area contributed by atoms with Crippen LogP contribution in [0.1, 0.15) is 12.5 Å². The van der Waals surface area contributed by atoms with Crippen molar-refractivity contribution in [2.45, 2.75) is 6.92 Å². The Balaban J connectivity index is 2.44. The lowest BCUT2D eigenvalue weighted by molar-refractivity contribution is 0.174. The van der Waals surface area contributed by atoms with Crippen molar-refractivity contribution in [3.05, 3.63) is 29.8 Å². The van der Waals surface area contributed by atoms with Crippen LogP contribution in [0, 0.1) is 11.8 Å². The summed E-state index contributed by atoms with van der Waals surface area (Å²) < 4.78 is 5.65. The summed E-state index contributed by atoms with van der Waals surface area (Å²) in [7, 11) is 0. The maximum atomic E-state index is 8.88. The summed E-state index contributed by atoms with van der Waals surface area (Å²) in [5, 5.41) is 17.5. The average molecular weight is 263 g/mol. The first-order valence-corrected chi connectivity index (χ1v) is 6.46. The van der Waals surface area contributed by atoms with Gasteiger partial charge in [0.15, 0.2) is 0 Å². The second kappa shape index (κ2) is 9.40. The number of hydrogen-bond acceptors (Lipinski definition) is 4. The molecule has 0 heterocycles. The third-order valence-corrected chi connectivity index (χ3v) is 2.69. The zero-order valence-electron chi connectivity index (χ0n) is 11.3. The molecule has 0 amide bonds. The van der Waals surface area contributed by atoms with Crippen molar-refractivity contribution >= 4 is 0 Å². The van der Waals surface area contributed by atoms with Gasteiger partial charge in [-0.3, -0.25) is 4.90 Å². The van der Waals surface area contributed by atoms with E-state index in [4.69, 9.17) is 14.9 Å². The van der Waals surface area contributed by atoms with Gasteiger partial charge in [-0.2, -0.15) is 0 Å². The first-order valence-electron chi connectivity index (χ1n) is 6.46. The Morgan fingerprint density at radius 3 is 2.79 bits per heavy atom. The topological polar surface area (TPSA) is 52.9 Å². The molecule has 104 valence electrons. The molecule has 0 spiro atoms. The third-order valence-electron chi connectivity index (χ3n) is 2.69. The molecule has 0 radical (unpaired) electrons. The standard InChI is InChI=1S/C15H21NO3/c1-2-16(8-11-18)9-12-19-15-7-3-5-14(13-15)6-4-10-17/h3,5,7,13,17-18H,2,8-12H2,1H3. The molecule has 0 saturated carbocycles. The first kappa shape index (κ1) is 15.5. The smallest absolute Gasteiger partial charge is 0.120 e. The molecule has 0 saturated heterocycles. The fraction of sp³-hybridized carbons (Fsp3) is 0.467. The van der Waals surface area contributed by atoms with Crippen LogP contribution in [0.5, 0.6) is 5.75 Å². The fourth-order valence-corrected chi connectivity index (χ4v) is 1.67. The Bertz CT molecular complexity index is 423. The monoisotopic (exact) mass is 263 g/mol. The Labute approximate surface area is 114 Å². The molecule has 4 heteroatoms. The largest absolute Gasteiger partial charge is 0.492 e. The van der Waals surface area contributed by atoms with E-state index in [1.54, 1.807) is 0 Å².